The first kappa shape index (κ1) is 10.1. The Morgan fingerprint density at radius 1 is 1.33 bits per heavy atom. The predicted molar refractivity (Wildman–Crippen MR) is 59.0 cm³/mol. The van der Waals surface area contributed by atoms with Gasteiger partial charge in [0.15, 0.2) is 0 Å². The molecule has 0 saturated carbocycles. The molecular weight excluding hydrogens is 212 g/mol. The smallest absolute Gasteiger partial charge is 0.293 e. The molecule has 0 bridgehead atoms. The maximum absolute atomic E-state index is 11.6. The lowest BCUT2D eigenvalue weighted by Crippen LogP contribution is -2.04. The number of thiophene rings is 1. The molecule has 1 heterocycles. The molecule has 0 saturated heterocycles. The standard InChI is InChI=1S/C11H10O3S/c1-7-10(11(12)14-13-2)8-5-3-4-6-9(8)15-7/h3-6H,1-2H3. The second kappa shape index (κ2) is 4.00. The highest BCUT2D eigenvalue weighted by Gasteiger charge is 2.17. The molecule has 0 aliphatic heterocycles. The molecule has 1 aromatic carbocycles. The van der Waals surface area contributed by atoms with Crippen LogP contribution < -0.4 is 0 Å². The predicted octanol–water partition coefficient (Wildman–Crippen LogP) is 2.93. The van der Waals surface area contributed by atoms with E-state index in [2.05, 4.69) is 9.78 Å². The van der Waals surface area contributed by atoms with Crippen LogP contribution in [0.1, 0.15) is 15.2 Å². The van der Waals surface area contributed by atoms with Gasteiger partial charge in [0, 0.05) is 15.0 Å². The van der Waals surface area contributed by atoms with E-state index in [1.807, 2.05) is 31.2 Å². The van der Waals surface area contributed by atoms with Crippen molar-refractivity contribution in [2.24, 2.45) is 0 Å². The molecule has 0 N–H and O–H groups in total. The first-order chi connectivity index (χ1) is 7.24. The van der Waals surface area contributed by atoms with Crippen molar-refractivity contribution in [2.75, 3.05) is 7.11 Å². The molecule has 15 heavy (non-hydrogen) atoms. The number of carbonyl (C=O) groups excluding carboxylic acids is 1. The minimum Gasteiger partial charge on any atom is -0.293 e. The Morgan fingerprint density at radius 2 is 2.07 bits per heavy atom. The topological polar surface area (TPSA) is 35.5 Å². The molecule has 0 aliphatic carbocycles. The molecule has 0 fully saturated rings. The second-order valence-corrected chi connectivity index (χ2v) is 4.32. The summed E-state index contributed by atoms with van der Waals surface area (Å²) < 4.78 is 1.08. The minimum atomic E-state index is -0.438. The second-order valence-electron chi connectivity index (χ2n) is 3.07. The summed E-state index contributed by atoms with van der Waals surface area (Å²) in [5.41, 5.74) is 0.595. The Balaban J connectivity index is 2.58. The Morgan fingerprint density at radius 3 is 2.80 bits per heavy atom. The van der Waals surface area contributed by atoms with E-state index in [1.54, 1.807) is 11.3 Å². The van der Waals surface area contributed by atoms with E-state index in [0.29, 0.717) is 5.56 Å². The van der Waals surface area contributed by atoms with Gasteiger partial charge in [-0.05, 0) is 13.0 Å². The van der Waals surface area contributed by atoms with Gasteiger partial charge in [-0.2, -0.15) is 4.89 Å². The van der Waals surface area contributed by atoms with Crippen LogP contribution in [0.4, 0.5) is 0 Å². The summed E-state index contributed by atoms with van der Waals surface area (Å²) in [4.78, 5) is 21.5. The molecule has 0 radical (unpaired) electrons. The quantitative estimate of drug-likeness (QED) is 0.579. The molecule has 0 spiro atoms. The summed E-state index contributed by atoms with van der Waals surface area (Å²) in [6.45, 7) is 1.90. The van der Waals surface area contributed by atoms with Crippen LogP contribution in [-0.4, -0.2) is 13.1 Å². The highest BCUT2D eigenvalue weighted by Crippen LogP contribution is 2.30. The molecule has 3 nitrogen and oxygen atoms in total. The first-order valence-corrected chi connectivity index (χ1v) is 5.29. The third-order valence-corrected chi connectivity index (χ3v) is 3.22. The van der Waals surface area contributed by atoms with Gasteiger partial charge in [-0.15, -0.1) is 11.3 Å². The zero-order chi connectivity index (χ0) is 10.8. The Kier molecular flexibility index (Phi) is 2.70. The van der Waals surface area contributed by atoms with E-state index in [-0.39, 0.29) is 0 Å². The molecule has 0 aliphatic rings. The average molecular weight is 222 g/mol. The molecule has 0 unspecified atom stereocenters. The summed E-state index contributed by atoms with van der Waals surface area (Å²) >= 11 is 1.58. The van der Waals surface area contributed by atoms with E-state index in [0.717, 1.165) is 15.0 Å². The molecular formula is C11H10O3S. The molecule has 0 amide bonds. The van der Waals surface area contributed by atoms with Crippen LogP contribution in [0.5, 0.6) is 0 Å². The number of hydrogen-bond acceptors (Lipinski definition) is 4. The molecule has 78 valence electrons. The highest BCUT2D eigenvalue weighted by atomic mass is 32.1. The normalized spacial score (nSPS) is 10.5. The lowest BCUT2D eigenvalue weighted by atomic mass is 10.1. The third kappa shape index (κ3) is 1.73. The first-order valence-electron chi connectivity index (χ1n) is 4.47. The van der Waals surface area contributed by atoms with Gasteiger partial charge in [0.25, 0.3) is 0 Å². The largest absolute Gasteiger partial charge is 0.374 e. The van der Waals surface area contributed by atoms with Crippen molar-refractivity contribution in [3.05, 3.63) is 34.7 Å². The van der Waals surface area contributed by atoms with E-state index >= 15 is 0 Å². The highest BCUT2D eigenvalue weighted by molar-refractivity contribution is 7.19. The van der Waals surface area contributed by atoms with Crippen LogP contribution in [0.15, 0.2) is 24.3 Å². The maximum Gasteiger partial charge on any atom is 0.374 e. The van der Waals surface area contributed by atoms with Crippen LogP contribution in [0.25, 0.3) is 10.1 Å². The fraction of sp³-hybridized carbons (Fsp3) is 0.182. The summed E-state index contributed by atoms with van der Waals surface area (Å²) in [5.74, 6) is -0.438. The van der Waals surface area contributed by atoms with Crippen molar-refractivity contribution in [3.63, 3.8) is 0 Å². The van der Waals surface area contributed by atoms with Crippen LogP contribution in [0.3, 0.4) is 0 Å². The molecule has 0 atom stereocenters. The van der Waals surface area contributed by atoms with Gasteiger partial charge in [0.05, 0.1) is 12.7 Å². The summed E-state index contributed by atoms with van der Waals surface area (Å²) in [6.07, 6.45) is 0. The Hall–Kier alpha value is -1.39. The zero-order valence-electron chi connectivity index (χ0n) is 8.44. The summed E-state index contributed by atoms with van der Waals surface area (Å²) in [7, 11) is 1.32. The number of benzene rings is 1. The van der Waals surface area contributed by atoms with Gasteiger partial charge in [-0.1, -0.05) is 18.2 Å². The maximum atomic E-state index is 11.6. The van der Waals surface area contributed by atoms with E-state index < -0.39 is 5.97 Å². The van der Waals surface area contributed by atoms with Gasteiger partial charge in [-0.3, -0.25) is 4.89 Å². The fourth-order valence-corrected chi connectivity index (χ4v) is 2.59. The van der Waals surface area contributed by atoms with Gasteiger partial charge >= 0.3 is 5.97 Å². The van der Waals surface area contributed by atoms with Gasteiger partial charge in [0.1, 0.15) is 0 Å². The van der Waals surface area contributed by atoms with Gasteiger partial charge in [-0.25, -0.2) is 4.79 Å². The van der Waals surface area contributed by atoms with Crippen LogP contribution >= 0.6 is 11.3 Å². The van der Waals surface area contributed by atoms with Crippen molar-refractivity contribution < 1.29 is 14.6 Å². The number of aryl methyl sites for hydroxylation is 1. The van der Waals surface area contributed by atoms with Crippen molar-refractivity contribution in [2.45, 2.75) is 6.92 Å². The van der Waals surface area contributed by atoms with Gasteiger partial charge in [0.2, 0.25) is 0 Å². The summed E-state index contributed by atoms with van der Waals surface area (Å²) in [5, 5.41) is 0.919. The van der Waals surface area contributed by atoms with Crippen molar-refractivity contribution in [1.82, 2.24) is 0 Å². The number of carbonyl (C=O) groups is 1. The van der Waals surface area contributed by atoms with Crippen LogP contribution in [-0.2, 0) is 9.78 Å². The molecule has 4 heteroatoms. The minimum absolute atomic E-state index is 0.438. The van der Waals surface area contributed by atoms with Crippen LogP contribution in [0, 0.1) is 6.92 Å². The molecule has 1 aromatic heterocycles. The van der Waals surface area contributed by atoms with Crippen molar-refractivity contribution >= 4 is 27.4 Å². The Bertz CT molecular complexity index is 502. The fourth-order valence-electron chi connectivity index (χ4n) is 1.54. The Labute approximate surface area is 91.2 Å². The van der Waals surface area contributed by atoms with E-state index in [4.69, 9.17) is 0 Å². The third-order valence-electron chi connectivity index (χ3n) is 2.13. The molecule has 2 rings (SSSR count). The van der Waals surface area contributed by atoms with Crippen LogP contribution in [0.2, 0.25) is 0 Å². The number of fused-ring (bicyclic) bond motifs is 1. The van der Waals surface area contributed by atoms with E-state index in [9.17, 15) is 4.79 Å². The van der Waals surface area contributed by atoms with Crippen molar-refractivity contribution in [1.29, 1.82) is 0 Å². The van der Waals surface area contributed by atoms with Crippen molar-refractivity contribution in [3.8, 4) is 0 Å². The SMILES string of the molecule is COOC(=O)c1c(C)sc2ccccc12. The number of rotatable bonds is 2. The average Bonchev–Trinajstić information content (AvgIpc) is 2.54. The monoisotopic (exact) mass is 222 g/mol. The molecule has 2 aromatic rings. The summed E-state index contributed by atoms with van der Waals surface area (Å²) in [6, 6.07) is 7.74. The lowest BCUT2D eigenvalue weighted by molar-refractivity contribution is -0.216. The number of hydrogen-bond donors (Lipinski definition) is 0. The lowest BCUT2D eigenvalue weighted by Gasteiger charge is -1.99. The van der Waals surface area contributed by atoms with E-state index in [1.165, 1.54) is 7.11 Å². The van der Waals surface area contributed by atoms with Gasteiger partial charge < -0.3 is 0 Å². The zero-order valence-corrected chi connectivity index (χ0v) is 9.26.